The summed E-state index contributed by atoms with van der Waals surface area (Å²) < 4.78 is 42.9. The van der Waals surface area contributed by atoms with Crippen molar-refractivity contribution in [1.29, 1.82) is 0 Å². The first-order chi connectivity index (χ1) is 12.8. The van der Waals surface area contributed by atoms with E-state index in [1.165, 1.54) is 6.07 Å². The Morgan fingerprint density at radius 3 is 2.37 bits per heavy atom. The van der Waals surface area contributed by atoms with Crippen molar-refractivity contribution < 1.29 is 27.5 Å². The molecule has 1 fully saturated rings. The molecule has 0 unspecified atom stereocenters. The molecule has 1 aliphatic rings. The average Bonchev–Trinajstić information content (AvgIpc) is 3.46. The molecule has 0 bridgehead atoms. The standard InChI is InChI=1S/C20H18F3NO3/c21-20(22,23)16-8-4-5-14(11-16)18(26)27-12-17(25)24-13-19(9-10-19)15-6-2-1-3-7-15/h1-8,11H,9-10,12-13H2,(H,24,25). The summed E-state index contributed by atoms with van der Waals surface area (Å²) in [6.07, 6.45) is -2.63. The fraction of sp³-hybridized carbons (Fsp3) is 0.300. The fourth-order valence-corrected chi connectivity index (χ4v) is 2.87. The van der Waals surface area contributed by atoms with Crippen molar-refractivity contribution in [3.63, 3.8) is 0 Å². The zero-order valence-corrected chi connectivity index (χ0v) is 14.4. The third kappa shape index (κ3) is 4.67. The number of hydrogen-bond donors (Lipinski definition) is 1. The second kappa shape index (κ2) is 7.42. The molecule has 0 heterocycles. The number of benzene rings is 2. The summed E-state index contributed by atoms with van der Waals surface area (Å²) in [6.45, 7) is -0.114. The summed E-state index contributed by atoms with van der Waals surface area (Å²) in [6, 6.07) is 13.7. The molecule has 0 aromatic heterocycles. The van der Waals surface area contributed by atoms with E-state index in [2.05, 4.69) is 5.32 Å². The third-order valence-corrected chi connectivity index (χ3v) is 4.62. The number of rotatable bonds is 6. The van der Waals surface area contributed by atoms with Crippen LogP contribution in [0.1, 0.15) is 34.3 Å². The van der Waals surface area contributed by atoms with E-state index in [1.807, 2.05) is 30.3 Å². The molecule has 2 aromatic carbocycles. The Bertz CT molecular complexity index is 830. The van der Waals surface area contributed by atoms with Crippen molar-refractivity contribution >= 4 is 11.9 Å². The molecule has 1 aliphatic carbocycles. The van der Waals surface area contributed by atoms with E-state index in [0.29, 0.717) is 12.6 Å². The van der Waals surface area contributed by atoms with Crippen LogP contribution in [0.2, 0.25) is 0 Å². The highest BCUT2D eigenvalue weighted by Crippen LogP contribution is 2.47. The molecule has 0 saturated heterocycles. The van der Waals surface area contributed by atoms with Gasteiger partial charge in [0.15, 0.2) is 6.61 Å². The first-order valence-electron chi connectivity index (χ1n) is 8.47. The molecule has 1 amide bonds. The van der Waals surface area contributed by atoms with Crippen LogP contribution in [0, 0.1) is 0 Å². The Morgan fingerprint density at radius 2 is 1.74 bits per heavy atom. The van der Waals surface area contributed by atoms with Gasteiger partial charge in [-0.25, -0.2) is 4.79 Å². The predicted octanol–water partition coefficient (Wildman–Crippen LogP) is 3.71. The Labute approximate surface area is 154 Å². The summed E-state index contributed by atoms with van der Waals surface area (Å²) >= 11 is 0. The van der Waals surface area contributed by atoms with Gasteiger partial charge in [-0.1, -0.05) is 36.4 Å². The van der Waals surface area contributed by atoms with Crippen LogP contribution in [0.5, 0.6) is 0 Å². The monoisotopic (exact) mass is 377 g/mol. The molecule has 1 saturated carbocycles. The maximum absolute atomic E-state index is 12.7. The molecule has 1 N–H and O–H groups in total. The number of nitrogens with one attached hydrogen (secondary N) is 1. The molecule has 142 valence electrons. The van der Waals surface area contributed by atoms with Crippen molar-refractivity contribution in [1.82, 2.24) is 5.32 Å². The van der Waals surface area contributed by atoms with E-state index in [4.69, 9.17) is 4.74 Å². The van der Waals surface area contributed by atoms with Gasteiger partial charge in [-0.15, -0.1) is 0 Å². The van der Waals surface area contributed by atoms with Gasteiger partial charge in [0.25, 0.3) is 5.91 Å². The molecular formula is C20H18F3NO3. The average molecular weight is 377 g/mol. The van der Waals surface area contributed by atoms with Crippen molar-refractivity contribution in [2.24, 2.45) is 0 Å². The molecule has 0 atom stereocenters. The maximum atomic E-state index is 12.7. The van der Waals surface area contributed by atoms with Crippen LogP contribution in [0.15, 0.2) is 54.6 Å². The Hall–Kier alpha value is -2.83. The molecule has 3 rings (SSSR count). The van der Waals surface area contributed by atoms with Crippen LogP contribution in [0.25, 0.3) is 0 Å². The van der Waals surface area contributed by atoms with Gasteiger partial charge in [0, 0.05) is 12.0 Å². The number of esters is 1. The molecule has 7 heteroatoms. The maximum Gasteiger partial charge on any atom is 0.416 e. The van der Waals surface area contributed by atoms with Crippen molar-refractivity contribution in [3.05, 3.63) is 71.3 Å². The fourth-order valence-electron chi connectivity index (χ4n) is 2.87. The number of ether oxygens (including phenoxy) is 1. The van der Waals surface area contributed by atoms with Crippen LogP contribution >= 0.6 is 0 Å². The van der Waals surface area contributed by atoms with Gasteiger partial charge in [0.2, 0.25) is 0 Å². The molecule has 0 spiro atoms. The number of alkyl halides is 3. The Kier molecular flexibility index (Phi) is 5.21. The van der Waals surface area contributed by atoms with Crippen molar-refractivity contribution in [2.45, 2.75) is 24.4 Å². The lowest BCUT2D eigenvalue weighted by molar-refractivity contribution is -0.137. The Balaban J connectivity index is 1.50. The van der Waals surface area contributed by atoms with Gasteiger partial charge in [0.1, 0.15) is 0 Å². The van der Waals surface area contributed by atoms with Crippen molar-refractivity contribution in [3.8, 4) is 0 Å². The summed E-state index contributed by atoms with van der Waals surface area (Å²) in [7, 11) is 0. The van der Waals surface area contributed by atoms with E-state index in [1.54, 1.807) is 0 Å². The highest BCUT2D eigenvalue weighted by molar-refractivity contribution is 5.91. The van der Waals surface area contributed by atoms with Crippen LogP contribution < -0.4 is 5.32 Å². The van der Waals surface area contributed by atoms with Gasteiger partial charge in [-0.2, -0.15) is 13.2 Å². The second-order valence-electron chi connectivity index (χ2n) is 6.58. The molecule has 2 aromatic rings. The van der Waals surface area contributed by atoms with Gasteiger partial charge >= 0.3 is 12.1 Å². The van der Waals surface area contributed by atoms with Crippen LogP contribution in [0.4, 0.5) is 13.2 Å². The summed E-state index contributed by atoms with van der Waals surface area (Å²) in [5.41, 5.74) is -0.131. The van der Waals surface area contributed by atoms with Crippen molar-refractivity contribution in [2.75, 3.05) is 13.2 Å². The summed E-state index contributed by atoms with van der Waals surface area (Å²) in [5.74, 6) is -1.46. The molecule has 4 nitrogen and oxygen atoms in total. The topological polar surface area (TPSA) is 55.4 Å². The van der Waals surface area contributed by atoms with Crippen LogP contribution in [0.3, 0.4) is 0 Å². The quantitative estimate of drug-likeness (QED) is 0.781. The van der Waals surface area contributed by atoms with Crippen LogP contribution in [-0.2, 0) is 21.1 Å². The van der Waals surface area contributed by atoms with E-state index >= 15 is 0 Å². The lowest BCUT2D eigenvalue weighted by Gasteiger charge is -2.16. The lowest BCUT2D eigenvalue weighted by Crippen LogP contribution is -2.35. The van der Waals surface area contributed by atoms with Gasteiger partial charge in [-0.05, 0) is 36.6 Å². The second-order valence-corrected chi connectivity index (χ2v) is 6.58. The third-order valence-electron chi connectivity index (χ3n) is 4.62. The summed E-state index contributed by atoms with van der Waals surface area (Å²) in [4.78, 5) is 23.8. The zero-order chi connectivity index (χ0) is 19.5. The first-order valence-corrected chi connectivity index (χ1v) is 8.47. The molecule has 27 heavy (non-hydrogen) atoms. The van der Waals surface area contributed by atoms with Gasteiger partial charge in [0.05, 0.1) is 11.1 Å². The van der Waals surface area contributed by atoms with E-state index in [-0.39, 0.29) is 11.0 Å². The smallest absolute Gasteiger partial charge is 0.416 e. The predicted molar refractivity (Wildman–Crippen MR) is 92.1 cm³/mol. The van der Waals surface area contributed by atoms with Gasteiger partial charge < -0.3 is 10.1 Å². The minimum atomic E-state index is -4.55. The van der Waals surface area contributed by atoms with E-state index in [9.17, 15) is 22.8 Å². The highest BCUT2D eigenvalue weighted by atomic mass is 19.4. The van der Waals surface area contributed by atoms with Gasteiger partial charge in [-0.3, -0.25) is 4.79 Å². The number of halogens is 3. The number of hydrogen-bond acceptors (Lipinski definition) is 3. The number of carbonyl (C=O) groups excluding carboxylic acids is 2. The van der Waals surface area contributed by atoms with Crippen LogP contribution in [-0.4, -0.2) is 25.0 Å². The Morgan fingerprint density at radius 1 is 1.04 bits per heavy atom. The minimum Gasteiger partial charge on any atom is -0.452 e. The number of amides is 1. The van der Waals surface area contributed by atoms with E-state index < -0.39 is 30.2 Å². The molecular weight excluding hydrogens is 359 g/mol. The normalized spacial score (nSPS) is 15.1. The zero-order valence-electron chi connectivity index (χ0n) is 14.4. The lowest BCUT2D eigenvalue weighted by atomic mass is 9.96. The SMILES string of the molecule is O=C(COC(=O)c1cccc(C(F)(F)F)c1)NCC1(c2ccccc2)CC1. The summed E-state index contributed by atoms with van der Waals surface area (Å²) in [5, 5.41) is 2.73. The first kappa shape index (κ1) is 18.9. The number of carbonyl (C=O) groups is 2. The van der Waals surface area contributed by atoms with E-state index in [0.717, 1.165) is 30.5 Å². The largest absolute Gasteiger partial charge is 0.452 e. The molecule has 0 radical (unpaired) electrons. The highest BCUT2D eigenvalue weighted by Gasteiger charge is 2.44. The molecule has 0 aliphatic heterocycles. The minimum absolute atomic E-state index is 0.0814.